The van der Waals surface area contributed by atoms with Gasteiger partial charge in [0.25, 0.3) is 0 Å². The van der Waals surface area contributed by atoms with Gasteiger partial charge in [-0.05, 0) is 48.2 Å². The molecule has 0 spiro atoms. The Morgan fingerprint density at radius 1 is 1.17 bits per heavy atom. The van der Waals surface area contributed by atoms with Gasteiger partial charge in [-0.25, -0.2) is 0 Å². The Balaban J connectivity index is 1.58. The maximum absolute atomic E-state index is 12.4. The Bertz CT molecular complexity index is 789. The molecule has 0 fully saturated rings. The lowest BCUT2D eigenvalue weighted by molar-refractivity contribution is -0.135. The summed E-state index contributed by atoms with van der Waals surface area (Å²) in [4.78, 5) is 26.3. The highest BCUT2D eigenvalue weighted by molar-refractivity contribution is 9.10. The fourth-order valence-corrected chi connectivity index (χ4v) is 3.13. The fourth-order valence-electron chi connectivity index (χ4n) is 2.89. The van der Waals surface area contributed by atoms with Crippen molar-refractivity contribution in [3.63, 3.8) is 0 Å². The van der Waals surface area contributed by atoms with Gasteiger partial charge < -0.3 is 10.2 Å². The van der Waals surface area contributed by atoms with E-state index in [-0.39, 0.29) is 18.2 Å². The first-order valence-electron chi connectivity index (χ1n) is 7.93. The molecule has 2 aromatic rings. The molecule has 4 nitrogen and oxygen atoms in total. The van der Waals surface area contributed by atoms with Crippen LogP contribution in [0.1, 0.15) is 23.1 Å². The highest BCUT2D eigenvalue weighted by Crippen LogP contribution is 2.21. The van der Waals surface area contributed by atoms with E-state index in [4.69, 9.17) is 0 Å². The zero-order valence-electron chi connectivity index (χ0n) is 13.5. The van der Waals surface area contributed by atoms with Gasteiger partial charge >= 0.3 is 0 Å². The number of carbonyl (C=O) groups excluding carboxylic acids is 2. The average molecular weight is 387 g/mol. The summed E-state index contributed by atoms with van der Waals surface area (Å²) in [5, 5.41) is 2.79. The Labute approximate surface area is 150 Å². The molecule has 0 aliphatic carbocycles. The van der Waals surface area contributed by atoms with Crippen molar-refractivity contribution in [2.45, 2.75) is 26.3 Å². The summed E-state index contributed by atoms with van der Waals surface area (Å²) in [6.45, 7) is 3.20. The number of amides is 2. The van der Waals surface area contributed by atoms with Gasteiger partial charge in [0.1, 0.15) is 6.42 Å². The van der Waals surface area contributed by atoms with E-state index in [2.05, 4.69) is 27.3 Å². The largest absolute Gasteiger partial charge is 0.338 e. The summed E-state index contributed by atoms with van der Waals surface area (Å²) in [5.74, 6) is -0.406. The molecular weight excluding hydrogens is 368 g/mol. The van der Waals surface area contributed by atoms with E-state index < -0.39 is 0 Å². The second-order valence-electron chi connectivity index (χ2n) is 6.02. The maximum atomic E-state index is 12.4. The standard InChI is InChI=1S/C19H19BrN2O2/c1-13-10-16(6-7-17(13)20)21-18(23)11-19(24)22-9-8-14-4-2-3-5-15(14)12-22/h2-7,10H,8-9,11-12H2,1H3,(H,21,23). The van der Waals surface area contributed by atoms with E-state index in [0.29, 0.717) is 18.8 Å². The molecule has 0 radical (unpaired) electrons. The number of fused-ring (bicyclic) bond motifs is 1. The summed E-state index contributed by atoms with van der Waals surface area (Å²) in [6, 6.07) is 13.7. The number of rotatable bonds is 3. The number of hydrogen-bond donors (Lipinski definition) is 1. The number of benzene rings is 2. The summed E-state index contributed by atoms with van der Waals surface area (Å²) in [6.07, 6.45) is 0.715. The van der Waals surface area contributed by atoms with E-state index in [1.165, 1.54) is 11.1 Å². The van der Waals surface area contributed by atoms with Crippen LogP contribution in [-0.2, 0) is 22.6 Å². The number of halogens is 1. The predicted molar refractivity (Wildman–Crippen MR) is 97.7 cm³/mol. The molecule has 2 aromatic carbocycles. The first kappa shape index (κ1) is 16.7. The number of nitrogens with one attached hydrogen (secondary N) is 1. The van der Waals surface area contributed by atoms with Gasteiger partial charge in [0, 0.05) is 23.2 Å². The van der Waals surface area contributed by atoms with Crippen molar-refractivity contribution in [3.8, 4) is 0 Å². The molecule has 24 heavy (non-hydrogen) atoms. The summed E-state index contributed by atoms with van der Waals surface area (Å²) >= 11 is 3.43. The van der Waals surface area contributed by atoms with Gasteiger partial charge in [-0.15, -0.1) is 0 Å². The molecule has 0 bridgehead atoms. The summed E-state index contributed by atoms with van der Waals surface area (Å²) < 4.78 is 0.989. The average Bonchev–Trinajstić information content (AvgIpc) is 2.57. The third-order valence-electron chi connectivity index (χ3n) is 4.24. The topological polar surface area (TPSA) is 49.4 Å². The van der Waals surface area contributed by atoms with Crippen LogP contribution in [0.2, 0.25) is 0 Å². The SMILES string of the molecule is Cc1cc(NC(=O)CC(=O)N2CCc3ccccc3C2)ccc1Br. The molecule has 2 amide bonds. The lowest BCUT2D eigenvalue weighted by Gasteiger charge is -2.28. The molecule has 3 rings (SSSR count). The number of aryl methyl sites for hydroxylation is 1. The van der Waals surface area contributed by atoms with Gasteiger partial charge in [-0.3, -0.25) is 9.59 Å². The molecule has 0 atom stereocenters. The first-order chi connectivity index (χ1) is 11.5. The Hall–Kier alpha value is -2.14. The van der Waals surface area contributed by atoms with Crippen LogP contribution in [0.4, 0.5) is 5.69 Å². The quantitative estimate of drug-likeness (QED) is 0.818. The van der Waals surface area contributed by atoms with Gasteiger partial charge in [0.05, 0.1) is 0 Å². The van der Waals surface area contributed by atoms with E-state index in [0.717, 1.165) is 16.5 Å². The molecule has 1 aliphatic rings. The van der Waals surface area contributed by atoms with Crippen molar-refractivity contribution in [2.24, 2.45) is 0 Å². The van der Waals surface area contributed by atoms with Crippen molar-refractivity contribution >= 4 is 33.4 Å². The van der Waals surface area contributed by atoms with E-state index >= 15 is 0 Å². The molecular formula is C19H19BrN2O2. The van der Waals surface area contributed by atoms with Crippen LogP contribution in [0, 0.1) is 6.92 Å². The minimum absolute atomic E-state index is 0.128. The minimum atomic E-state index is -0.277. The Morgan fingerprint density at radius 2 is 1.92 bits per heavy atom. The lowest BCUT2D eigenvalue weighted by Crippen LogP contribution is -2.37. The summed E-state index contributed by atoms with van der Waals surface area (Å²) in [7, 11) is 0. The third-order valence-corrected chi connectivity index (χ3v) is 5.13. The maximum Gasteiger partial charge on any atom is 0.233 e. The molecule has 0 saturated heterocycles. The van der Waals surface area contributed by atoms with Crippen LogP contribution < -0.4 is 5.32 Å². The van der Waals surface area contributed by atoms with Crippen LogP contribution in [-0.4, -0.2) is 23.3 Å². The minimum Gasteiger partial charge on any atom is -0.338 e. The van der Waals surface area contributed by atoms with Crippen LogP contribution in [0.5, 0.6) is 0 Å². The molecule has 1 heterocycles. The molecule has 124 valence electrons. The molecule has 0 aromatic heterocycles. The fraction of sp³-hybridized carbons (Fsp3) is 0.263. The molecule has 1 N–H and O–H groups in total. The van der Waals surface area contributed by atoms with Gasteiger partial charge in [0.15, 0.2) is 0 Å². The van der Waals surface area contributed by atoms with Crippen molar-refractivity contribution in [1.82, 2.24) is 4.90 Å². The lowest BCUT2D eigenvalue weighted by atomic mass is 10.00. The van der Waals surface area contributed by atoms with Gasteiger partial charge in [-0.2, -0.15) is 0 Å². The zero-order chi connectivity index (χ0) is 17.1. The zero-order valence-corrected chi connectivity index (χ0v) is 15.1. The molecule has 0 unspecified atom stereocenters. The second-order valence-corrected chi connectivity index (χ2v) is 6.88. The van der Waals surface area contributed by atoms with Crippen molar-refractivity contribution in [2.75, 3.05) is 11.9 Å². The monoisotopic (exact) mass is 386 g/mol. The second kappa shape index (κ2) is 7.18. The number of nitrogens with zero attached hydrogens (tertiary/aromatic N) is 1. The highest BCUT2D eigenvalue weighted by Gasteiger charge is 2.22. The summed E-state index contributed by atoms with van der Waals surface area (Å²) in [5.41, 5.74) is 4.20. The number of carbonyl (C=O) groups is 2. The molecule has 1 aliphatic heterocycles. The van der Waals surface area contributed by atoms with Gasteiger partial charge in [0.2, 0.25) is 11.8 Å². The predicted octanol–water partition coefficient (Wildman–Crippen LogP) is 3.67. The molecule has 5 heteroatoms. The van der Waals surface area contributed by atoms with Crippen molar-refractivity contribution in [1.29, 1.82) is 0 Å². The first-order valence-corrected chi connectivity index (χ1v) is 8.73. The molecule has 0 saturated carbocycles. The van der Waals surface area contributed by atoms with Crippen LogP contribution in [0.3, 0.4) is 0 Å². The van der Waals surface area contributed by atoms with E-state index in [1.807, 2.05) is 43.3 Å². The van der Waals surface area contributed by atoms with E-state index in [9.17, 15) is 9.59 Å². The van der Waals surface area contributed by atoms with Crippen LogP contribution in [0.15, 0.2) is 46.9 Å². The van der Waals surface area contributed by atoms with E-state index in [1.54, 1.807) is 4.90 Å². The van der Waals surface area contributed by atoms with Crippen LogP contribution in [0.25, 0.3) is 0 Å². The normalized spacial score (nSPS) is 13.3. The van der Waals surface area contributed by atoms with Gasteiger partial charge in [-0.1, -0.05) is 40.2 Å². The highest BCUT2D eigenvalue weighted by atomic mass is 79.9. The number of anilines is 1. The number of hydrogen-bond acceptors (Lipinski definition) is 2. The van der Waals surface area contributed by atoms with Crippen molar-refractivity contribution in [3.05, 3.63) is 63.6 Å². The Kier molecular flexibility index (Phi) is 5.00. The Morgan fingerprint density at radius 3 is 2.67 bits per heavy atom. The third kappa shape index (κ3) is 3.85. The smallest absolute Gasteiger partial charge is 0.233 e. The van der Waals surface area contributed by atoms with Crippen molar-refractivity contribution < 1.29 is 9.59 Å². The van der Waals surface area contributed by atoms with Crippen LogP contribution >= 0.6 is 15.9 Å².